The molecule has 0 spiro atoms. The maximum Gasteiger partial charge on any atom is 0.387 e. The van der Waals surface area contributed by atoms with Gasteiger partial charge in [-0.15, -0.1) is 0 Å². The van der Waals surface area contributed by atoms with Gasteiger partial charge in [-0.3, -0.25) is 4.98 Å². The lowest BCUT2D eigenvalue weighted by atomic mass is 10.0. The number of ether oxygens (including phenoxy) is 3. The molecule has 1 saturated carbocycles. The Kier molecular flexibility index (Phi) is 8.39. The summed E-state index contributed by atoms with van der Waals surface area (Å²) < 4.78 is 82.4. The van der Waals surface area contributed by atoms with Crippen LogP contribution in [0.2, 0.25) is 10.0 Å². The molecule has 0 radical (unpaired) electrons. The van der Waals surface area contributed by atoms with E-state index in [2.05, 4.69) is 9.72 Å². The summed E-state index contributed by atoms with van der Waals surface area (Å²) in [6.07, 6.45) is 3.19. The molecule has 0 bridgehead atoms. The first-order chi connectivity index (χ1) is 17.6. The van der Waals surface area contributed by atoms with Gasteiger partial charge in [-0.1, -0.05) is 29.3 Å². The van der Waals surface area contributed by atoms with Crippen molar-refractivity contribution < 1.29 is 41.0 Å². The SMILES string of the molecule is O=C(OC(Cc1c(Cl)cncc1Cl)c1ccc(OC(F)F)c(OCC2CC2)c1)c1cc(F)c(F)c(F)c1. The number of alkyl halides is 2. The van der Waals surface area contributed by atoms with Gasteiger partial charge in [0.25, 0.3) is 0 Å². The molecular formula is C25H18Cl2F5NO4. The first-order valence-corrected chi connectivity index (χ1v) is 11.7. The van der Waals surface area contributed by atoms with Gasteiger partial charge in [0.2, 0.25) is 0 Å². The van der Waals surface area contributed by atoms with Crippen molar-refractivity contribution in [2.45, 2.75) is 32.0 Å². The van der Waals surface area contributed by atoms with Gasteiger partial charge in [-0.05, 0) is 54.2 Å². The highest BCUT2D eigenvalue weighted by Crippen LogP contribution is 2.38. The second-order valence-corrected chi connectivity index (χ2v) is 9.09. The van der Waals surface area contributed by atoms with Gasteiger partial charge in [-0.2, -0.15) is 8.78 Å². The van der Waals surface area contributed by atoms with E-state index in [0.29, 0.717) is 17.7 Å². The zero-order chi connectivity index (χ0) is 26.7. The van der Waals surface area contributed by atoms with Crippen molar-refractivity contribution in [3.05, 3.63) is 86.9 Å². The minimum atomic E-state index is -3.11. The third-order valence-corrected chi connectivity index (χ3v) is 6.19. The molecule has 0 aliphatic heterocycles. The second kappa shape index (κ2) is 11.5. The van der Waals surface area contributed by atoms with Gasteiger partial charge < -0.3 is 14.2 Å². The predicted octanol–water partition coefficient (Wildman–Crippen LogP) is 7.34. The monoisotopic (exact) mass is 561 g/mol. The third kappa shape index (κ3) is 6.81. The van der Waals surface area contributed by atoms with Crippen molar-refractivity contribution in [3.8, 4) is 11.5 Å². The molecule has 1 unspecified atom stereocenters. The molecule has 1 aromatic heterocycles. The summed E-state index contributed by atoms with van der Waals surface area (Å²) in [5, 5.41) is 0.297. The van der Waals surface area contributed by atoms with Crippen LogP contribution in [0.25, 0.3) is 0 Å². The summed E-state index contributed by atoms with van der Waals surface area (Å²) in [5.41, 5.74) is 0.00454. The Morgan fingerprint density at radius 1 is 1.00 bits per heavy atom. The van der Waals surface area contributed by atoms with Crippen LogP contribution < -0.4 is 9.47 Å². The number of nitrogens with zero attached hydrogens (tertiary/aromatic N) is 1. The number of carbonyl (C=O) groups is 1. The minimum Gasteiger partial charge on any atom is -0.489 e. The van der Waals surface area contributed by atoms with Gasteiger partial charge in [0.1, 0.15) is 6.10 Å². The minimum absolute atomic E-state index is 0.0171. The average molecular weight is 562 g/mol. The largest absolute Gasteiger partial charge is 0.489 e. The lowest BCUT2D eigenvalue weighted by molar-refractivity contribution is -0.0515. The first kappa shape index (κ1) is 26.9. The van der Waals surface area contributed by atoms with Crippen LogP contribution in [0.15, 0.2) is 42.7 Å². The van der Waals surface area contributed by atoms with Gasteiger partial charge >= 0.3 is 12.6 Å². The molecule has 4 rings (SSSR count). The molecule has 3 aromatic rings. The number of halogens is 7. The van der Waals surface area contributed by atoms with Gasteiger partial charge in [-0.25, -0.2) is 18.0 Å². The van der Waals surface area contributed by atoms with Crippen molar-refractivity contribution >= 4 is 29.2 Å². The fraction of sp³-hybridized carbons (Fsp3) is 0.280. The van der Waals surface area contributed by atoms with E-state index in [1.807, 2.05) is 0 Å². The molecule has 0 saturated heterocycles. The van der Waals surface area contributed by atoms with Crippen LogP contribution in [0.1, 0.15) is 40.4 Å². The standard InChI is InChI=1S/C25H18Cl2F5NO4/c26-16-9-33-10-17(27)15(16)8-21(36-24(34)14-5-18(28)23(30)19(29)6-14)13-3-4-20(37-25(31)32)22(7-13)35-11-12-1-2-12/h3-7,9-10,12,21,25H,1-2,8,11H2. The molecule has 2 aromatic carbocycles. The highest BCUT2D eigenvalue weighted by Gasteiger charge is 2.27. The molecule has 0 amide bonds. The lowest BCUT2D eigenvalue weighted by Crippen LogP contribution is -2.16. The van der Waals surface area contributed by atoms with Crippen molar-refractivity contribution in [2.75, 3.05) is 6.61 Å². The van der Waals surface area contributed by atoms with E-state index in [9.17, 15) is 26.7 Å². The number of aromatic nitrogens is 1. The molecule has 37 heavy (non-hydrogen) atoms. The van der Waals surface area contributed by atoms with Crippen molar-refractivity contribution in [1.82, 2.24) is 4.98 Å². The summed E-state index contributed by atoms with van der Waals surface area (Å²) in [6, 6.07) is 4.92. The predicted molar refractivity (Wildman–Crippen MR) is 124 cm³/mol. The Bertz CT molecular complexity index is 1260. The van der Waals surface area contributed by atoms with Crippen LogP contribution >= 0.6 is 23.2 Å². The van der Waals surface area contributed by atoms with Crippen molar-refractivity contribution in [1.29, 1.82) is 0 Å². The molecule has 196 valence electrons. The molecular weight excluding hydrogens is 544 g/mol. The topological polar surface area (TPSA) is 57.7 Å². The molecule has 12 heteroatoms. The van der Waals surface area contributed by atoms with Gasteiger partial charge in [0.05, 0.1) is 22.2 Å². The summed E-state index contributed by atoms with van der Waals surface area (Å²) in [7, 11) is 0. The van der Waals surface area contributed by atoms with Crippen LogP contribution in [-0.4, -0.2) is 24.2 Å². The molecule has 5 nitrogen and oxygen atoms in total. The average Bonchev–Trinajstić information content (AvgIpc) is 3.67. The third-order valence-electron chi connectivity index (χ3n) is 5.54. The Balaban J connectivity index is 1.70. The summed E-state index contributed by atoms with van der Waals surface area (Å²) >= 11 is 12.4. The van der Waals surface area contributed by atoms with E-state index in [0.717, 1.165) is 12.8 Å². The molecule has 1 atom stereocenters. The van der Waals surface area contributed by atoms with E-state index in [4.69, 9.17) is 32.7 Å². The first-order valence-electron chi connectivity index (χ1n) is 11.0. The molecule has 1 aliphatic carbocycles. The van der Waals surface area contributed by atoms with Gasteiger partial charge in [0, 0.05) is 18.8 Å². The summed E-state index contributed by atoms with van der Waals surface area (Å²) in [6.45, 7) is -2.84. The number of hydrogen-bond acceptors (Lipinski definition) is 5. The quantitative estimate of drug-likeness (QED) is 0.147. The van der Waals surface area contributed by atoms with Crippen LogP contribution in [0.5, 0.6) is 11.5 Å². The lowest BCUT2D eigenvalue weighted by Gasteiger charge is -2.21. The van der Waals surface area contributed by atoms with Gasteiger partial charge in [0.15, 0.2) is 29.0 Å². The van der Waals surface area contributed by atoms with E-state index in [-0.39, 0.29) is 46.1 Å². The smallest absolute Gasteiger partial charge is 0.387 e. The van der Waals surface area contributed by atoms with E-state index in [1.54, 1.807) is 0 Å². The fourth-order valence-corrected chi connectivity index (χ4v) is 3.96. The van der Waals surface area contributed by atoms with Crippen molar-refractivity contribution in [3.63, 3.8) is 0 Å². The Hall–Kier alpha value is -3.11. The summed E-state index contributed by atoms with van der Waals surface area (Å²) in [4.78, 5) is 16.7. The highest BCUT2D eigenvalue weighted by atomic mass is 35.5. The molecule has 1 heterocycles. The Morgan fingerprint density at radius 3 is 2.24 bits per heavy atom. The molecule has 0 N–H and O–H groups in total. The van der Waals surface area contributed by atoms with Crippen LogP contribution in [0, 0.1) is 23.4 Å². The highest BCUT2D eigenvalue weighted by molar-refractivity contribution is 6.35. The van der Waals surface area contributed by atoms with Crippen LogP contribution in [0.3, 0.4) is 0 Å². The Labute approximate surface area is 218 Å². The van der Waals surface area contributed by atoms with E-state index in [1.165, 1.54) is 30.6 Å². The maximum atomic E-state index is 13.7. The van der Waals surface area contributed by atoms with Crippen LogP contribution in [-0.2, 0) is 11.2 Å². The maximum absolute atomic E-state index is 13.7. The number of hydrogen-bond donors (Lipinski definition) is 0. The molecule has 1 aliphatic rings. The normalized spacial score (nSPS) is 13.9. The number of rotatable bonds is 10. The number of carbonyl (C=O) groups excluding carboxylic acids is 1. The fourth-order valence-electron chi connectivity index (χ4n) is 3.44. The number of esters is 1. The Morgan fingerprint density at radius 2 is 1.65 bits per heavy atom. The summed E-state index contributed by atoms with van der Waals surface area (Å²) in [5.74, 6) is -6.04. The van der Waals surface area contributed by atoms with Crippen molar-refractivity contribution in [2.24, 2.45) is 5.92 Å². The van der Waals surface area contributed by atoms with E-state index < -0.39 is 41.7 Å². The zero-order valence-electron chi connectivity index (χ0n) is 18.8. The van der Waals surface area contributed by atoms with E-state index >= 15 is 0 Å². The second-order valence-electron chi connectivity index (χ2n) is 8.27. The number of benzene rings is 2. The number of pyridine rings is 1. The van der Waals surface area contributed by atoms with Crippen LogP contribution in [0.4, 0.5) is 22.0 Å². The molecule has 1 fully saturated rings. The zero-order valence-corrected chi connectivity index (χ0v) is 20.3.